The number of amides is 1. The average molecular weight is 351 g/mol. The second-order valence-electron chi connectivity index (χ2n) is 5.07. The SMILES string of the molecule is CCOC(=O)Cn1nc(C)c2c1NC(=O)CSC2c1cccs1. The first-order valence-corrected chi connectivity index (χ1v) is 9.20. The molecule has 1 aliphatic heterocycles. The Kier molecular flexibility index (Phi) is 4.72. The molecule has 1 aliphatic rings. The third-order valence-corrected chi connectivity index (χ3v) is 5.80. The fourth-order valence-corrected chi connectivity index (χ4v) is 4.73. The lowest BCUT2D eigenvalue weighted by atomic mass is 10.1. The smallest absolute Gasteiger partial charge is 0.327 e. The van der Waals surface area contributed by atoms with Crippen LogP contribution in [0.25, 0.3) is 0 Å². The Morgan fingerprint density at radius 3 is 3.09 bits per heavy atom. The van der Waals surface area contributed by atoms with Crippen molar-refractivity contribution in [1.29, 1.82) is 0 Å². The molecule has 122 valence electrons. The van der Waals surface area contributed by atoms with Crippen LogP contribution in [-0.2, 0) is 20.9 Å². The molecule has 0 saturated carbocycles. The van der Waals surface area contributed by atoms with Gasteiger partial charge in [-0.1, -0.05) is 6.07 Å². The highest BCUT2D eigenvalue weighted by Crippen LogP contribution is 2.44. The van der Waals surface area contributed by atoms with Gasteiger partial charge in [-0.05, 0) is 25.3 Å². The van der Waals surface area contributed by atoms with Crippen LogP contribution in [0.3, 0.4) is 0 Å². The molecule has 0 aliphatic carbocycles. The molecule has 3 heterocycles. The summed E-state index contributed by atoms with van der Waals surface area (Å²) in [5.74, 6) is 0.525. The van der Waals surface area contributed by atoms with Gasteiger partial charge in [-0.25, -0.2) is 4.68 Å². The van der Waals surface area contributed by atoms with Gasteiger partial charge in [-0.15, -0.1) is 23.1 Å². The van der Waals surface area contributed by atoms with Crippen molar-refractivity contribution in [1.82, 2.24) is 9.78 Å². The van der Waals surface area contributed by atoms with E-state index in [9.17, 15) is 9.59 Å². The minimum absolute atomic E-state index is 0.00782. The number of esters is 1. The maximum absolute atomic E-state index is 12.0. The fraction of sp³-hybridized carbons (Fsp3) is 0.400. The summed E-state index contributed by atoms with van der Waals surface area (Å²) < 4.78 is 6.52. The summed E-state index contributed by atoms with van der Waals surface area (Å²) in [6.07, 6.45) is 0. The van der Waals surface area contributed by atoms with Crippen molar-refractivity contribution in [3.8, 4) is 0 Å². The van der Waals surface area contributed by atoms with Crippen molar-refractivity contribution in [2.45, 2.75) is 25.6 Å². The van der Waals surface area contributed by atoms with Crippen molar-refractivity contribution >= 4 is 40.8 Å². The standard InChI is InChI=1S/C15H17N3O3S2/c1-3-21-12(20)7-18-15-13(9(2)17-18)14(10-5-4-6-22-10)23-8-11(19)16-15/h4-6,14H,3,7-8H2,1-2H3,(H,16,19). The van der Waals surface area contributed by atoms with E-state index in [1.165, 1.54) is 9.56 Å². The molecule has 23 heavy (non-hydrogen) atoms. The third kappa shape index (κ3) is 3.28. The molecule has 0 aromatic carbocycles. The second-order valence-corrected chi connectivity index (χ2v) is 7.14. The van der Waals surface area contributed by atoms with E-state index in [-0.39, 0.29) is 23.7 Å². The summed E-state index contributed by atoms with van der Waals surface area (Å²) in [4.78, 5) is 25.0. The predicted molar refractivity (Wildman–Crippen MR) is 90.8 cm³/mol. The highest BCUT2D eigenvalue weighted by Gasteiger charge is 2.31. The van der Waals surface area contributed by atoms with Gasteiger partial charge >= 0.3 is 5.97 Å². The van der Waals surface area contributed by atoms with E-state index in [2.05, 4.69) is 16.5 Å². The van der Waals surface area contributed by atoms with Gasteiger partial charge in [0.1, 0.15) is 12.4 Å². The summed E-state index contributed by atoms with van der Waals surface area (Å²) in [7, 11) is 0. The number of rotatable bonds is 4. The number of carbonyl (C=O) groups excluding carboxylic acids is 2. The zero-order valence-corrected chi connectivity index (χ0v) is 14.5. The quantitative estimate of drug-likeness (QED) is 0.857. The average Bonchev–Trinajstić information content (AvgIpc) is 3.07. The van der Waals surface area contributed by atoms with Gasteiger partial charge in [-0.3, -0.25) is 9.59 Å². The predicted octanol–water partition coefficient (Wildman–Crippen LogP) is 2.59. The van der Waals surface area contributed by atoms with Gasteiger partial charge in [0.2, 0.25) is 5.91 Å². The molecule has 1 unspecified atom stereocenters. The first-order valence-electron chi connectivity index (χ1n) is 7.28. The second kappa shape index (κ2) is 6.76. The van der Waals surface area contributed by atoms with Crippen LogP contribution in [0.15, 0.2) is 17.5 Å². The molecule has 0 bridgehead atoms. The van der Waals surface area contributed by atoms with Crippen LogP contribution in [0.4, 0.5) is 5.82 Å². The number of aromatic nitrogens is 2. The molecule has 2 aromatic rings. The van der Waals surface area contributed by atoms with E-state index < -0.39 is 0 Å². The number of thioether (sulfide) groups is 1. The molecule has 1 N–H and O–H groups in total. The van der Waals surface area contributed by atoms with Crippen LogP contribution < -0.4 is 5.32 Å². The van der Waals surface area contributed by atoms with E-state index in [1.54, 1.807) is 30.0 Å². The number of carbonyl (C=O) groups is 2. The van der Waals surface area contributed by atoms with Crippen molar-refractivity contribution in [3.05, 3.63) is 33.6 Å². The Bertz CT molecular complexity index is 725. The first-order chi connectivity index (χ1) is 11.1. The fourth-order valence-electron chi connectivity index (χ4n) is 2.56. The van der Waals surface area contributed by atoms with Crippen molar-refractivity contribution < 1.29 is 14.3 Å². The summed E-state index contributed by atoms with van der Waals surface area (Å²) in [6, 6.07) is 4.06. The molecule has 0 fully saturated rings. The minimum Gasteiger partial charge on any atom is -0.465 e. The topological polar surface area (TPSA) is 73.2 Å². The number of hydrogen-bond acceptors (Lipinski definition) is 6. The van der Waals surface area contributed by atoms with Gasteiger partial charge in [0.25, 0.3) is 0 Å². The Labute approximate surface area is 142 Å². The summed E-state index contributed by atoms with van der Waals surface area (Å²) in [6.45, 7) is 3.98. The van der Waals surface area contributed by atoms with E-state index in [0.717, 1.165) is 11.3 Å². The highest BCUT2D eigenvalue weighted by molar-refractivity contribution is 8.00. The number of thiophene rings is 1. The van der Waals surface area contributed by atoms with E-state index >= 15 is 0 Å². The summed E-state index contributed by atoms with van der Waals surface area (Å²) in [5.41, 5.74) is 1.78. The van der Waals surface area contributed by atoms with Crippen LogP contribution in [0.5, 0.6) is 0 Å². The number of anilines is 1. The molecule has 6 nitrogen and oxygen atoms in total. The largest absolute Gasteiger partial charge is 0.465 e. The Balaban J connectivity index is 2.02. The van der Waals surface area contributed by atoms with Gasteiger partial charge in [0.05, 0.1) is 23.3 Å². The van der Waals surface area contributed by atoms with Crippen LogP contribution >= 0.6 is 23.1 Å². The lowest BCUT2D eigenvalue weighted by Crippen LogP contribution is -2.20. The monoisotopic (exact) mass is 351 g/mol. The van der Waals surface area contributed by atoms with Gasteiger partial charge < -0.3 is 10.1 Å². The Hall–Kier alpha value is -1.80. The van der Waals surface area contributed by atoms with E-state index in [4.69, 9.17) is 4.74 Å². The van der Waals surface area contributed by atoms with Crippen molar-refractivity contribution in [2.24, 2.45) is 0 Å². The van der Waals surface area contributed by atoms with Crippen LogP contribution in [0.2, 0.25) is 0 Å². The Morgan fingerprint density at radius 2 is 2.39 bits per heavy atom. The molecule has 2 aromatic heterocycles. The van der Waals surface area contributed by atoms with Crippen molar-refractivity contribution in [3.63, 3.8) is 0 Å². The molecule has 0 saturated heterocycles. The molecule has 3 rings (SSSR count). The molecule has 8 heteroatoms. The lowest BCUT2D eigenvalue weighted by Gasteiger charge is -2.13. The summed E-state index contributed by atoms with van der Waals surface area (Å²) in [5, 5.41) is 9.40. The number of nitrogens with one attached hydrogen (secondary N) is 1. The Morgan fingerprint density at radius 1 is 1.57 bits per heavy atom. The van der Waals surface area contributed by atoms with Crippen LogP contribution in [0.1, 0.15) is 28.3 Å². The van der Waals surface area contributed by atoms with E-state index in [1.807, 2.05) is 18.4 Å². The first kappa shape index (κ1) is 16.1. The van der Waals surface area contributed by atoms with Gasteiger partial charge in [0, 0.05) is 10.4 Å². The molecule has 1 amide bonds. The van der Waals surface area contributed by atoms with Crippen molar-refractivity contribution in [2.75, 3.05) is 17.7 Å². The molecular formula is C15H17N3O3S2. The lowest BCUT2D eigenvalue weighted by molar-refractivity contribution is -0.144. The molecule has 0 spiro atoms. The number of hydrogen-bond donors (Lipinski definition) is 1. The van der Waals surface area contributed by atoms with Gasteiger partial charge in [-0.2, -0.15) is 5.10 Å². The van der Waals surface area contributed by atoms with Crippen LogP contribution in [-0.4, -0.2) is 34.0 Å². The van der Waals surface area contributed by atoms with Crippen LogP contribution in [0, 0.1) is 6.92 Å². The maximum Gasteiger partial charge on any atom is 0.327 e. The molecular weight excluding hydrogens is 334 g/mol. The maximum atomic E-state index is 12.0. The zero-order valence-electron chi connectivity index (χ0n) is 12.9. The third-order valence-electron chi connectivity index (χ3n) is 3.46. The highest BCUT2D eigenvalue weighted by atomic mass is 32.2. The molecule has 0 radical (unpaired) electrons. The molecule has 1 atom stereocenters. The number of nitrogens with zero attached hydrogens (tertiary/aromatic N) is 2. The normalized spacial score (nSPS) is 17.3. The number of ether oxygens (including phenoxy) is 1. The number of fused-ring (bicyclic) bond motifs is 1. The minimum atomic E-state index is -0.364. The summed E-state index contributed by atoms with van der Waals surface area (Å²) >= 11 is 3.23. The van der Waals surface area contributed by atoms with E-state index in [0.29, 0.717) is 18.2 Å². The number of aryl methyl sites for hydroxylation is 1. The zero-order chi connectivity index (χ0) is 16.4. The van der Waals surface area contributed by atoms with Gasteiger partial charge in [0.15, 0.2) is 0 Å².